The maximum atomic E-state index is 5.50. The van der Waals surface area contributed by atoms with E-state index in [0.29, 0.717) is 0 Å². The third-order valence-corrected chi connectivity index (χ3v) is 3.75. The molecule has 0 aliphatic rings. The zero-order valence-corrected chi connectivity index (χ0v) is 9.62. The molecule has 14 heavy (non-hydrogen) atoms. The number of thiazole rings is 1. The van der Waals surface area contributed by atoms with Gasteiger partial charge >= 0.3 is 0 Å². The van der Waals surface area contributed by atoms with E-state index in [4.69, 9.17) is 5.14 Å². The highest BCUT2D eigenvalue weighted by Gasteiger charge is 2.06. The Morgan fingerprint density at radius 2 is 2.36 bits per heavy atom. The topological polar surface area (TPSA) is 38.9 Å². The van der Waals surface area contributed by atoms with Crippen LogP contribution in [0.3, 0.4) is 0 Å². The third-order valence-electron chi connectivity index (χ3n) is 2.10. The smallest absolute Gasteiger partial charge is 0.165 e. The second kappa shape index (κ2) is 4.29. The molecule has 0 saturated carbocycles. The Kier molecular flexibility index (Phi) is 3.05. The Morgan fingerprint density at radius 3 is 3.07 bits per heavy atom. The van der Waals surface area contributed by atoms with Gasteiger partial charge in [-0.25, -0.2) is 4.98 Å². The molecule has 0 spiro atoms. The molecule has 2 N–H and O–H groups in total. The first-order valence-electron chi connectivity index (χ1n) is 4.60. The first kappa shape index (κ1) is 9.96. The second-order valence-corrected chi connectivity index (χ2v) is 5.02. The van der Waals surface area contributed by atoms with Crippen LogP contribution in [-0.2, 0) is 6.42 Å². The van der Waals surface area contributed by atoms with E-state index >= 15 is 0 Å². The maximum Gasteiger partial charge on any atom is 0.165 e. The highest BCUT2D eigenvalue weighted by molar-refractivity contribution is 7.99. The monoisotopic (exact) mass is 224 g/mol. The summed E-state index contributed by atoms with van der Waals surface area (Å²) in [4.78, 5) is 4.51. The fourth-order valence-corrected chi connectivity index (χ4v) is 2.86. The van der Waals surface area contributed by atoms with E-state index in [0.717, 1.165) is 22.7 Å². The van der Waals surface area contributed by atoms with Gasteiger partial charge in [0.15, 0.2) is 4.34 Å². The average Bonchev–Trinajstić information content (AvgIpc) is 2.62. The number of rotatable bonds is 3. The van der Waals surface area contributed by atoms with Crippen molar-refractivity contribution in [1.29, 1.82) is 0 Å². The lowest BCUT2D eigenvalue weighted by molar-refractivity contribution is 0.926. The molecule has 0 amide bonds. The molecule has 0 bridgehead atoms. The average molecular weight is 224 g/mol. The number of nitrogens with zero attached hydrogens (tertiary/aromatic N) is 1. The van der Waals surface area contributed by atoms with E-state index in [1.165, 1.54) is 22.2 Å². The van der Waals surface area contributed by atoms with Gasteiger partial charge in [-0.2, -0.15) is 0 Å². The Balaban J connectivity index is 2.55. The molecule has 0 aliphatic carbocycles. The Bertz CT molecular complexity index is 437. The maximum absolute atomic E-state index is 5.50. The molecule has 4 heteroatoms. The molecule has 0 unspecified atom stereocenters. The summed E-state index contributed by atoms with van der Waals surface area (Å²) in [7, 11) is 0. The van der Waals surface area contributed by atoms with Gasteiger partial charge in [0, 0.05) is 0 Å². The number of fused-ring (bicyclic) bond motifs is 1. The van der Waals surface area contributed by atoms with Gasteiger partial charge in [-0.15, -0.1) is 11.3 Å². The predicted molar refractivity (Wildman–Crippen MR) is 63.7 cm³/mol. The number of aryl methyl sites for hydroxylation is 1. The molecular weight excluding hydrogens is 212 g/mol. The van der Waals surface area contributed by atoms with E-state index in [-0.39, 0.29) is 0 Å². The Morgan fingerprint density at radius 1 is 1.50 bits per heavy atom. The first-order valence-corrected chi connectivity index (χ1v) is 6.30. The lowest BCUT2D eigenvalue weighted by atomic mass is 10.1. The summed E-state index contributed by atoms with van der Waals surface area (Å²) >= 11 is 2.89. The van der Waals surface area contributed by atoms with Crippen molar-refractivity contribution in [2.24, 2.45) is 5.14 Å². The van der Waals surface area contributed by atoms with Crippen molar-refractivity contribution in [3.05, 3.63) is 23.8 Å². The number of aromatic nitrogens is 1. The summed E-state index contributed by atoms with van der Waals surface area (Å²) in [6.45, 7) is 2.18. The highest BCUT2D eigenvalue weighted by Crippen LogP contribution is 2.29. The van der Waals surface area contributed by atoms with Crippen molar-refractivity contribution in [3.8, 4) is 0 Å². The van der Waals surface area contributed by atoms with Crippen molar-refractivity contribution < 1.29 is 0 Å². The molecule has 0 fully saturated rings. The van der Waals surface area contributed by atoms with Crippen molar-refractivity contribution >= 4 is 33.5 Å². The zero-order chi connectivity index (χ0) is 9.97. The quantitative estimate of drug-likeness (QED) is 0.814. The van der Waals surface area contributed by atoms with Gasteiger partial charge in [0.2, 0.25) is 0 Å². The van der Waals surface area contributed by atoms with Crippen molar-refractivity contribution in [2.45, 2.75) is 24.1 Å². The SMILES string of the molecule is CCCc1cccc2sc(SN)nc12. The molecule has 2 nitrogen and oxygen atoms in total. The van der Waals surface area contributed by atoms with Crippen LogP contribution in [-0.4, -0.2) is 4.98 Å². The van der Waals surface area contributed by atoms with Gasteiger partial charge < -0.3 is 0 Å². The van der Waals surface area contributed by atoms with Gasteiger partial charge in [-0.3, -0.25) is 5.14 Å². The minimum atomic E-state index is 0.948. The van der Waals surface area contributed by atoms with Crippen LogP contribution in [0.25, 0.3) is 10.2 Å². The molecule has 0 saturated heterocycles. The lowest BCUT2D eigenvalue weighted by Crippen LogP contribution is -1.85. The summed E-state index contributed by atoms with van der Waals surface area (Å²) in [5.74, 6) is 0. The highest BCUT2D eigenvalue weighted by atomic mass is 32.2. The second-order valence-electron chi connectivity index (χ2n) is 3.11. The molecule has 1 aromatic heterocycles. The number of para-hydroxylation sites is 1. The van der Waals surface area contributed by atoms with E-state index in [1.807, 2.05) is 0 Å². The fraction of sp³-hybridized carbons (Fsp3) is 0.300. The van der Waals surface area contributed by atoms with Crippen LogP contribution < -0.4 is 5.14 Å². The van der Waals surface area contributed by atoms with Gasteiger partial charge in [0.05, 0.1) is 10.2 Å². The van der Waals surface area contributed by atoms with Crippen LogP contribution >= 0.6 is 23.3 Å². The predicted octanol–water partition coefficient (Wildman–Crippen LogP) is 3.21. The third kappa shape index (κ3) is 1.78. The van der Waals surface area contributed by atoms with E-state index in [9.17, 15) is 0 Å². The van der Waals surface area contributed by atoms with Crippen LogP contribution in [0.2, 0.25) is 0 Å². The van der Waals surface area contributed by atoms with E-state index in [1.54, 1.807) is 11.3 Å². The molecule has 0 aliphatic heterocycles. The molecule has 2 rings (SSSR count). The normalized spacial score (nSPS) is 11.0. The van der Waals surface area contributed by atoms with Crippen molar-refractivity contribution in [3.63, 3.8) is 0 Å². The molecule has 1 heterocycles. The minimum Gasteiger partial charge on any atom is -0.272 e. The summed E-state index contributed by atoms with van der Waals surface area (Å²) in [6.07, 6.45) is 2.25. The fourth-order valence-electron chi connectivity index (χ4n) is 1.51. The number of nitrogens with two attached hydrogens (primary N) is 1. The van der Waals surface area contributed by atoms with Crippen LogP contribution in [0.4, 0.5) is 0 Å². The van der Waals surface area contributed by atoms with Gasteiger partial charge in [0.1, 0.15) is 0 Å². The molecule has 2 aromatic rings. The van der Waals surface area contributed by atoms with Gasteiger partial charge in [-0.1, -0.05) is 25.5 Å². The van der Waals surface area contributed by atoms with Gasteiger partial charge in [0.25, 0.3) is 0 Å². The van der Waals surface area contributed by atoms with Crippen LogP contribution in [0.15, 0.2) is 22.5 Å². The molecule has 1 aromatic carbocycles. The summed E-state index contributed by atoms with van der Waals surface area (Å²) in [5.41, 5.74) is 2.47. The van der Waals surface area contributed by atoms with Crippen LogP contribution in [0.1, 0.15) is 18.9 Å². The molecule has 74 valence electrons. The summed E-state index contributed by atoms with van der Waals surface area (Å²) in [5, 5.41) is 5.50. The zero-order valence-electron chi connectivity index (χ0n) is 7.99. The van der Waals surface area contributed by atoms with Crippen LogP contribution in [0.5, 0.6) is 0 Å². The van der Waals surface area contributed by atoms with Gasteiger partial charge in [-0.05, 0) is 30.0 Å². The molecule has 0 atom stereocenters. The molecule has 0 radical (unpaired) electrons. The summed E-state index contributed by atoms with van der Waals surface area (Å²) < 4.78 is 2.19. The largest absolute Gasteiger partial charge is 0.272 e. The van der Waals surface area contributed by atoms with Crippen LogP contribution in [0, 0.1) is 0 Å². The Hall–Kier alpha value is -0.580. The summed E-state index contributed by atoms with van der Waals surface area (Å²) in [6, 6.07) is 6.35. The lowest BCUT2D eigenvalue weighted by Gasteiger charge is -1.98. The minimum absolute atomic E-state index is 0.948. The number of benzene rings is 1. The van der Waals surface area contributed by atoms with E-state index < -0.39 is 0 Å². The number of hydrogen-bond donors (Lipinski definition) is 1. The standard InChI is InChI=1S/C10H12N2S2/c1-2-4-7-5-3-6-8-9(7)12-10(13-8)14-11/h3,5-6H,2,4,11H2,1H3. The first-order chi connectivity index (χ1) is 6.85. The molecular formula is C10H12N2S2. The van der Waals surface area contributed by atoms with Crippen molar-refractivity contribution in [1.82, 2.24) is 4.98 Å². The Labute approximate surface area is 91.7 Å². The number of hydrogen-bond acceptors (Lipinski definition) is 4. The van der Waals surface area contributed by atoms with Crippen molar-refractivity contribution in [2.75, 3.05) is 0 Å². The van der Waals surface area contributed by atoms with E-state index in [2.05, 4.69) is 30.1 Å².